The zero-order valence-corrected chi connectivity index (χ0v) is 11.6. The SMILES string of the molecule is CNC(c1ccc(C)cc1)c1ccc(F)c(C(F)(F)F)c1. The quantitative estimate of drug-likeness (QED) is 0.825. The summed E-state index contributed by atoms with van der Waals surface area (Å²) in [6, 6.07) is 10.1. The maximum absolute atomic E-state index is 13.3. The van der Waals surface area contributed by atoms with Crippen LogP contribution in [0.3, 0.4) is 0 Å². The van der Waals surface area contributed by atoms with Crippen molar-refractivity contribution in [2.45, 2.75) is 19.1 Å². The van der Waals surface area contributed by atoms with Gasteiger partial charge in [-0.2, -0.15) is 13.2 Å². The lowest BCUT2D eigenvalue weighted by atomic mass is 9.96. The number of hydrogen-bond acceptors (Lipinski definition) is 1. The van der Waals surface area contributed by atoms with Crippen molar-refractivity contribution >= 4 is 0 Å². The van der Waals surface area contributed by atoms with Crippen molar-refractivity contribution in [2.75, 3.05) is 7.05 Å². The van der Waals surface area contributed by atoms with E-state index in [9.17, 15) is 17.6 Å². The van der Waals surface area contributed by atoms with E-state index in [0.717, 1.165) is 23.3 Å². The fourth-order valence-corrected chi connectivity index (χ4v) is 2.22. The van der Waals surface area contributed by atoms with Crippen molar-refractivity contribution in [3.63, 3.8) is 0 Å². The molecule has 112 valence electrons. The summed E-state index contributed by atoms with van der Waals surface area (Å²) in [7, 11) is 1.65. The van der Waals surface area contributed by atoms with Gasteiger partial charge in [-0.15, -0.1) is 0 Å². The molecule has 0 bridgehead atoms. The summed E-state index contributed by atoms with van der Waals surface area (Å²) in [6.45, 7) is 1.93. The summed E-state index contributed by atoms with van der Waals surface area (Å²) >= 11 is 0. The van der Waals surface area contributed by atoms with E-state index in [2.05, 4.69) is 5.32 Å². The third kappa shape index (κ3) is 3.42. The lowest BCUT2D eigenvalue weighted by molar-refractivity contribution is -0.140. The van der Waals surface area contributed by atoms with Gasteiger partial charge in [-0.05, 0) is 37.2 Å². The zero-order chi connectivity index (χ0) is 15.6. The van der Waals surface area contributed by atoms with Crippen molar-refractivity contribution < 1.29 is 17.6 Å². The highest BCUT2D eigenvalue weighted by Crippen LogP contribution is 2.34. The summed E-state index contributed by atoms with van der Waals surface area (Å²) in [5.41, 5.74) is 1.01. The highest BCUT2D eigenvalue weighted by Gasteiger charge is 2.34. The molecular weight excluding hydrogens is 282 g/mol. The maximum atomic E-state index is 13.3. The first-order chi connectivity index (χ1) is 9.82. The minimum atomic E-state index is -4.70. The molecule has 0 radical (unpaired) electrons. The van der Waals surface area contributed by atoms with Crippen LogP contribution >= 0.6 is 0 Å². The minimum Gasteiger partial charge on any atom is -0.309 e. The topological polar surface area (TPSA) is 12.0 Å². The summed E-state index contributed by atoms with van der Waals surface area (Å²) in [4.78, 5) is 0. The number of rotatable bonds is 3. The lowest BCUT2D eigenvalue weighted by Gasteiger charge is -2.19. The Morgan fingerprint density at radius 1 is 0.952 bits per heavy atom. The van der Waals surface area contributed by atoms with Crippen molar-refractivity contribution in [3.05, 3.63) is 70.5 Å². The van der Waals surface area contributed by atoms with Crippen LogP contribution in [0.1, 0.15) is 28.3 Å². The van der Waals surface area contributed by atoms with Gasteiger partial charge in [-0.25, -0.2) is 4.39 Å². The molecule has 0 aromatic heterocycles. The predicted octanol–water partition coefficient (Wildman–Crippen LogP) is 4.46. The molecule has 21 heavy (non-hydrogen) atoms. The molecule has 1 nitrogen and oxygen atoms in total. The zero-order valence-electron chi connectivity index (χ0n) is 11.6. The second-order valence-electron chi connectivity index (χ2n) is 4.87. The Kier molecular flexibility index (Phi) is 4.32. The molecule has 0 aliphatic rings. The fraction of sp³-hybridized carbons (Fsp3) is 0.250. The van der Waals surface area contributed by atoms with Gasteiger partial charge in [-0.3, -0.25) is 0 Å². The van der Waals surface area contributed by atoms with Crippen LogP contribution in [0, 0.1) is 12.7 Å². The molecule has 0 amide bonds. The Bertz CT molecular complexity index is 617. The largest absolute Gasteiger partial charge is 0.419 e. The lowest BCUT2D eigenvalue weighted by Crippen LogP contribution is -2.19. The van der Waals surface area contributed by atoms with Gasteiger partial charge in [0.15, 0.2) is 0 Å². The van der Waals surface area contributed by atoms with Crippen molar-refractivity contribution in [3.8, 4) is 0 Å². The molecular formula is C16H15F4N. The fourth-order valence-electron chi connectivity index (χ4n) is 2.22. The van der Waals surface area contributed by atoms with Gasteiger partial charge < -0.3 is 5.32 Å². The molecule has 0 fully saturated rings. The van der Waals surface area contributed by atoms with Gasteiger partial charge >= 0.3 is 6.18 Å². The molecule has 0 aliphatic heterocycles. The van der Waals surface area contributed by atoms with Crippen LogP contribution < -0.4 is 5.32 Å². The molecule has 0 saturated carbocycles. The van der Waals surface area contributed by atoms with Crippen LogP contribution in [0.4, 0.5) is 17.6 Å². The van der Waals surface area contributed by atoms with E-state index in [1.807, 2.05) is 31.2 Å². The third-order valence-electron chi connectivity index (χ3n) is 3.33. The molecule has 2 aromatic carbocycles. The second kappa shape index (κ2) is 5.85. The van der Waals surface area contributed by atoms with E-state index < -0.39 is 23.6 Å². The first-order valence-electron chi connectivity index (χ1n) is 6.43. The summed E-state index contributed by atoms with van der Waals surface area (Å²) in [6.07, 6.45) is -4.70. The average molecular weight is 297 g/mol. The summed E-state index contributed by atoms with van der Waals surface area (Å²) in [5.74, 6) is -1.26. The van der Waals surface area contributed by atoms with E-state index in [1.165, 1.54) is 6.07 Å². The van der Waals surface area contributed by atoms with Crippen molar-refractivity contribution in [1.82, 2.24) is 5.32 Å². The number of halogens is 4. The number of aryl methyl sites for hydroxylation is 1. The van der Waals surface area contributed by atoms with Gasteiger partial charge in [0.25, 0.3) is 0 Å². The molecule has 2 rings (SSSR count). The average Bonchev–Trinajstić information content (AvgIpc) is 2.42. The Hall–Kier alpha value is -1.88. The minimum absolute atomic E-state index is 0.370. The van der Waals surface area contributed by atoms with Gasteiger partial charge in [-0.1, -0.05) is 35.9 Å². The summed E-state index contributed by atoms with van der Waals surface area (Å²) < 4.78 is 51.7. The number of benzene rings is 2. The van der Waals surface area contributed by atoms with Gasteiger partial charge in [0, 0.05) is 0 Å². The molecule has 0 aliphatic carbocycles. The molecule has 0 heterocycles. The van der Waals surface area contributed by atoms with Crippen molar-refractivity contribution in [2.24, 2.45) is 0 Å². The van der Waals surface area contributed by atoms with E-state index in [1.54, 1.807) is 7.05 Å². The highest BCUT2D eigenvalue weighted by molar-refractivity contribution is 5.36. The van der Waals surface area contributed by atoms with Gasteiger partial charge in [0.2, 0.25) is 0 Å². The van der Waals surface area contributed by atoms with E-state index in [0.29, 0.717) is 5.56 Å². The first kappa shape index (κ1) is 15.5. The predicted molar refractivity (Wildman–Crippen MR) is 73.5 cm³/mol. The Morgan fingerprint density at radius 3 is 2.05 bits per heavy atom. The van der Waals surface area contributed by atoms with Crippen molar-refractivity contribution in [1.29, 1.82) is 0 Å². The van der Waals surface area contributed by atoms with Crippen LogP contribution in [0.5, 0.6) is 0 Å². The number of hydrogen-bond donors (Lipinski definition) is 1. The van der Waals surface area contributed by atoms with E-state index >= 15 is 0 Å². The van der Waals surface area contributed by atoms with Crippen LogP contribution in [-0.4, -0.2) is 7.05 Å². The standard InChI is InChI=1S/C16H15F4N/c1-10-3-5-11(6-4-10)15(21-2)12-7-8-14(17)13(9-12)16(18,19)20/h3-9,15,21H,1-2H3. The maximum Gasteiger partial charge on any atom is 0.419 e. The van der Waals surface area contributed by atoms with E-state index in [4.69, 9.17) is 0 Å². The highest BCUT2D eigenvalue weighted by atomic mass is 19.4. The van der Waals surface area contributed by atoms with Gasteiger partial charge in [0.1, 0.15) is 5.82 Å². The molecule has 0 spiro atoms. The van der Waals surface area contributed by atoms with Crippen LogP contribution in [-0.2, 0) is 6.18 Å². The number of alkyl halides is 3. The molecule has 0 saturated heterocycles. The molecule has 1 unspecified atom stereocenters. The normalized spacial score (nSPS) is 13.2. The molecule has 2 aromatic rings. The van der Waals surface area contributed by atoms with E-state index in [-0.39, 0.29) is 0 Å². The van der Waals surface area contributed by atoms with Crippen LogP contribution in [0.15, 0.2) is 42.5 Å². The first-order valence-corrected chi connectivity index (χ1v) is 6.43. The summed E-state index contributed by atoms with van der Waals surface area (Å²) in [5, 5.41) is 2.96. The van der Waals surface area contributed by atoms with Gasteiger partial charge in [0.05, 0.1) is 11.6 Å². The number of nitrogens with one attached hydrogen (secondary N) is 1. The smallest absolute Gasteiger partial charge is 0.309 e. The Morgan fingerprint density at radius 2 is 1.52 bits per heavy atom. The molecule has 5 heteroatoms. The molecule has 1 N–H and O–H groups in total. The Labute approximate surface area is 120 Å². The van der Waals surface area contributed by atoms with Crippen LogP contribution in [0.25, 0.3) is 0 Å². The Balaban J connectivity index is 2.46. The molecule has 1 atom stereocenters. The monoisotopic (exact) mass is 297 g/mol. The second-order valence-corrected chi connectivity index (χ2v) is 4.87. The van der Waals surface area contributed by atoms with Crippen LogP contribution in [0.2, 0.25) is 0 Å². The third-order valence-corrected chi connectivity index (χ3v) is 3.33.